The smallest absolute Gasteiger partial charge is 0.332 e. The summed E-state index contributed by atoms with van der Waals surface area (Å²) >= 11 is 0. The molecule has 0 aliphatic carbocycles. The van der Waals surface area contributed by atoms with Crippen LogP contribution in [0.4, 0.5) is 11.4 Å². The highest BCUT2D eigenvalue weighted by Crippen LogP contribution is 2.39. The number of nitro benzene ring substituents is 1. The lowest BCUT2D eigenvalue weighted by atomic mass is 10.1. The summed E-state index contributed by atoms with van der Waals surface area (Å²) in [4.78, 5) is 10.7. The van der Waals surface area contributed by atoms with Gasteiger partial charge in [0.2, 0.25) is 0 Å². The summed E-state index contributed by atoms with van der Waals surface area (Å²) in [7, 11) is -2.46. The molecule has 6 heteroatoms. The van der Waals surface area contributed by atoms with E-state index in [9.17, 15) is 10.1 Å². The predicted molar refractivity (Wildman–Crippen MR) is 108 cm³/mol. The van der Waals surface area contributed by atoms with E-state index < -0.39 is 8.48 Å². The fraction of sp³-hybridized carbons (Fsp3) is 0.143. The first-order valence-electron chi connectivity index (χ1n) is 8.88. The lowest BCUT2D eigenvalue weighted by Gasteiger charge is -2.36. The van der Waals surface area contributed by atoms with Crippen molar-refractivity contribution in [3.8, 4) is 0 Å². The van der Waals surface area contributed by atoms with Gasteiger partial charge in [-0.25, -0.2) is 0 Å². The highest BCUT2D eigenvalue weighted by molar-refractivity contribution is 6.89. The molecule has 0 bridgehead atoms. The standard InChI is InChI=1S/C21H20N2O3Si/c1-27(20-10-6-3-7-11-20)22(18-12-14-19(15-13-18)23(24)25)21(16-26-27)17-8-4-2-5-9-17/h2-15,21H,16H2,1H3/t21-,27-/m1/s1. The third-order valence-corrected chi connectivity index (χ3v) is 8.75. The van der Waals surface area contributed by atoms with E-state index in [1.807, 2.05) is 48.5 Å². The molecule has 5 nitrogen and oxygen atoms in total. The fourth-order valence-corrected chi connectivity index (χ4v) is 7.07. The van der Waals surface area contributed by atoms with E-state index in [2.05, 4.69) is 35.4 Å². The van der Waals surface area contributed by atoms with Crippen molar-refractivity contribution in [3.05, 3.63) is 101 Å². The first kappa shape index (κ1) is 17.5. The van der Waals surface area contributed by atoms with Crippen LogP contribution in [0.15, 0.2) is 84.9 Å². The molecule has 136 valence electrons. The number of non-ortho nitro benzene ring substituents is 1. The summed E-state index contributed by atoms with van der Waals surface area (Å²) in [5.41, 5.74) is 2.23. The second-order valence-electron chi connectivity index (χ2n) is 6.73. The van der Waals surface area contributed by atoms with E-state index >= 15 is 0 Å². The number of rotatable bonds is 4. The average molecular weight is 376 g/mol. The molecule has 1 heterocycles. The molecule has 2 atom stereocenters. The monoisotopic (exact) mass is 376 g/mol. The summed E-state index contributed by atoms with van der Waals surface area (Å²) in [5.74, 6) is 0. The highest BCUT2D eigenvalue weighted by Gasteiger charge is 2.49. The Morgan fingerprint density at radius 3 is 2.15 bits per heavy atom. The van der Waals surface area contributed by atoms with Gasteiger partial charge in [-0.2, -0.15) is 0 Å². The van der Waals surface area contributed by atoms with E-state index in [1.165, 1.54) is 10.8 Å². The van der Waals surface area contributed by atoms with Crippen LogP contribution in [0.1, 0.15) is 11.6 Å². The molecule has 0 amide bonds. The maximum absolute atomic E-state index is 11.0. The van der Waals surface area contributed by atoms with Crippen molar-refractivity contribution in [2.45, 2.75) is 12.6 Å². The summed E-state index contributed by atoms with van der Waals surface area (Å²) in [5, 5.41) is 12.2. The van der Waals surface area contributed by atoms with Gasteiger partial charge in [-0.15, -0.1) is 0 Å². The van der Waals surface area contributed by atoms with Crippen molar-refractivity contribution >= 4 is 25.0 Å². The van der Waals surface area contributed by atoms with Crippen LogP contribution in [0.25, 0.3) is 0 Å². The molecule has 0 saturated carbocycles. The molecule has 0 unspecified atom stereocenters. The quantitative estimate of drug-likeness (QED) is 0.390. The van der Waals surface area contributed by atoms with Gasteiger partial charge in [0.25, 0.3) is 5.69 Å². The minimum Gasteiger partial charge on any atom is -0.393 e. The third-order valence-electron chi connectivity index (χ3n) is 5.13. The van der Waals surface area contributed by atoms with Crippen molar-refractivity contribution in [1.82, 2.24) is 0 Å². The number of hydrogen-bond acceptors (Lipinski definition) is 4. The Bertz CT molecular complexity index is 935. The molecule has 0 N–H and O–H groups in total. The minimum absolute atomic E-state index is 0.0736. The summed E-state index contributed by atoms with van der Waals surface area (Å²) in [6, 6.07) is 27.4. The van der Waals surface area contributed by atoms with Gasteiger partial charge in [0.05, 0.1) is 17.6 Å². The Labute approximate surface area is 159 Å². The molecule has 4 rings (SSSR count). The van der Waals surface area contributed by atoms with Crippen LogP contribution in [0, 0.1) is 10.1 Å². The van der Waals surface area contributed by atoms with Gasteiger partial charge < -0.3 is 8.99 Å². The van der Waals surface area contributed by atoms with Crippen molar-refractivity contribution in [1.29, 1.82) is 0 Å². The molecular formula is C21H20N2O3Si. The predicted octanol–water partition coefficient (Wildman–Crippen LogP) is 4.15. The minimum atomic E-state index is -2.46. The Balaban J connectivity index is 1.82. The van der Waals surface area contributed by atoms with Gasteiger partial charge in [-0.1, -0.05) is 60.7 Å². The number of nitrogens with zero attached hydrogens (tertiary/aromatic N) is 2. The van der Waals surface area contributed by atoms with E-state index in [4.69, 9.17) is 4.43 Å². The van der Waals surface area contributed by atoms with Gasteiger partial charge >= 0.3 is 8.48 Å². The molecule has 27 heavy (non-hydrogen) atoms. The first-order chi connectivity index (χ1) is 13.1. The lowest BCUT2D eigenvalue weighted by molar-refractivity contribution is -0.384. The zero-order chi connectivity index (χ0) is 18.9. The number of hydrogen-bond donors (Lipinski definition) is 0. The van der Waals surface area contributed by atoms with E-state index in [-0.39, 0.29) is 16.7 Å². The SMILES string of the molecule is C[Si@]1(c2ccccc2)OC[C@H](c2ccccc2)N1c1ccc([N+](=O)[O-])cc1. The molecule has 0 spiro atoms. The summed E-state index contributed by atoms with van der Waals surface area (Å²) in [6.07, 6.45) is 0. The van der Waals surface area contributed by atoms with Crippen LogP contribution < -0.4 is 9.75 Å². The molecule has 1 aliphatic heterocycles. The van der Waals surface area contributed by atoms with E-state index in [0.29, 0.717) is 6.61 Å². The van der Waals surface area contributed by atoms with E-state index in [1.54, 1.807) is 12.1 Å². The van der Waals surface area contributed by atoms with Crippen molar-refractivity contribution in [2.75, 3.05) is 11.2 Å². The van der Waals surface area contributed by atoms with Crippen molar-refractivity contribution in [2.24, 2.45) is 0 Å². The zero-order valence-electron chi connectivity index (χ0n) is 15.0. The van der Waals surface area contributed by atoms with Crippen LogP contribution >= 0.6 is 0 Å². The molecule has 1 fully saturated rings. The second kappa shape index (κ2) is 6.98. The van der Waals surface area contributed by atoms with Gasteiger partial charge in [0, 0.05) is 17.8 Å². The summed E-state index contributed by atoms with van der Waals surface area (Å²) < 4.78 is 8.82. The Hall–Kier alpha value is -2.96. The zero-order valence-corrected chi connectivity index (χ0v) is 16.0. The summed E-state index contributed by atoms with van der Waals surface area (Å²) in [6.45, 7) is 2.78. The maximum atomic E-state index is 11.0. The molecular weight excluding hydrogens is 356 g/mol. The maximum Gasteiger partial charge on any atom is 0.332 e. The molecule has 0 radical (unpaired) electrons. The van der Waals surface area contributed by atoms with Crippen molar-refractivity contribution in [3.63, 3.8) is 0 Å². The highest BCUT2D eigenvalue weighted by atomic mass is 28.4. The topological polar surface area (TPSA) is 55.6 Å². The van der Waals surface area contributed by atoms with Crippen LogP contribution in [-0.4, -0.2) is 20.0 Å². The number of benzene rings is 3. The Morgan fingerprint density at radius 2 is 1.56 bits per heavy atom. The largest absolute Gasteiger partial charge is 0.393 e. The molecule has 3 aromatic carbocycles. The fourth-order valence-electron chi connectivity index (χ4n) is 3.73. The van der Waals surface area contributed by atoms with Crippen LogP contribution in [0.3, 0.4) is 0 Å². The Kier molecular flexibility index (Phi) is 4.51. The second-order valence-corrected chi connectivity index (χ2v) is 10.0. The normalized spacial score (nSPS) is 22.0. The molecule has 1 aliphatic rings. The van der Waals surface area contributed by atoms with Crippen LogP contribution in [0.5, 0.6) is 0 Å². The van der Waals surface area contributed by atoms with Gasteiger partial charge in [-0.3, -0.25) is 10.1 Å². The van der Waals surface area contributed by atoms with Crippen LogP contribution in [-0.2, 0) is 4.43 Å². The van der Waals surface area contributed by atoms with Crippen molar-refractivity contribution < 1.29 is 9.35 Å². The third kappa shape index (κ3) is 3.13. The number of anilines is 1. The lowest BCUT2D eigenvalue weighted by Crippen LogP contribution is -2.58. The first-order valence-corrected chi connectivity index (χ1v) is 11.2. The van der Waals surface area contributed by atoms with Crippen LogP contribution in [0.2, 0.25) is 6.55 Å². The average Bonchev–Trinajstić information content (AvgIpc) is 3.08. The van der Waals surface area contributed by atoms with Gasteiger partial charge in [-0.05, 0) is 29.4 Å². The molecule has 0 aromatic heterocycles. The molecule has 1 saturated heterocycles. The number of nitro groups is 1. The Morgan fingerprint density at radius 1 is 0.963 bits per heavy atom. The molecule has 3 aromatic rings. The van der Waals surface area contributed by atoms with Gasteiger partial charge in [0.15, 0.2) is 0 Å². The van der Waals surface area contributed by atoms with E-state index in [0.717, 1.165) is 5.69 Å². The van der Waals surface area contributed by atoms with Gasteiger partial charge in [0.1, 0.15) is 0 Å².